The summed E-state index contributed by atoms with van der Waals surface area (Å²) in [6, 6.07) is 4.29. The first kappa shape index (κ1) is 15.3. The molecule has 1 aromatic carbocycles. The molecule has 1 aliphatic rings. The summed E-state index contributed by atoms with van der Waals surface area (Å²) >= 11 is 0. The minimum absolute atomic E-state index is 0.0760. The second-order valence-electron chi connectivity index (χ2n) is 5.81. The molecular formula is C15H21N3O3. The Labute approximate surface area is 124 Å². The summed E-state index contributed by atoms with van der Waals surface area (Å²) in [6.07, 6.45) is 5.30. The fourth-order valence-electron chi connectivity index (χ4n) is 2.85. The maximum Gasteiger partial charge on any atom is 0.270 e. The SMILES string of the molecule is CNc1ccc([N+](=O)[O-])cc1C(=O)NC1(C)CCCCC1. The van der Waals surface area contributed by atoms with E-state index in [-0.39, 0.29) is 17.1 Å². The predicted octanol–water partition coefficient (Wildman–Crippen LogP) is 3.09. The second kappa shape index (κ2) is 6.11. The molecule has 0 saturated heterocycles. The van der Waals surface area contributed by atoms with Gasteiger partial charge in [-0.25, -0.2) is 0 Å². The van der Waals surface area contributed by atoms with E-state index in [1.54, 1.807) is 13.1 Å². The summed E-state index contributed by atoms with van der Waals surface area (Å²) in [4.78, 5) is 22.9. The fourth-order valence-corrected chi connectivity index (χ4v) is 2.85. The van der Waals surface area contributed by atoms with E-state index >= 15 is 0 Å². The third-order valence-electron chi connectivity index (χ3n) is 4.10. The average Bonchev–Trinajstić information content (AvgIpc) is 2.46. The molecule has 0 heterocycles. The summed E-state index contributed by atoms with van der Waals surface area (Å²) in [6.45, 7) is 2.04. The molecule has 1 amide bonds. The highest BCUT2D eigenvalue weighted by Crippen LogP contribution is 2.29. The maximum absolute atomic E-state index is 12.5. The second-order valence-corrected chi connectivity index (χ2v) is 5.81. The van der Waals surface area contributed by atoms with Gasteiger partial charge < -0.3 is 10.6 Å². The molecule has 0 aliphatic heterocycles. The van der Waals surface area contributed by atoms with Gasteiger partial charge in [-0.1, -0.05) is 19.3 Å². The molecule has 21 heavy (non-hydrogen) atoms. The number of nitrogens with one attached hydrogen (secondary N) is 2. The Balaban J connectivity index is 2.24. The monoisotopic (exact) mass is 291 g/mol. The summed E-state index contributed by atoms with van der Waals surface area (Å²) in [5.41, 5.74) is 0.620. The number of non-ortho nitro benzene ring substituents is 1. The van der Waals surface area contributed by atoms with Gasteiger partial charge in [-0.05, 0) is 25.8 Å². The standard InChI is InChI=1S/C15H21N3O3/c1-15(8-4-3-5-9-15)17-14(19)12-10-11(18(20)21)6-7-13(12)16-2/h6-7,10,16H,3-5,8-9H2,1-2H3,(H,17,19). The lowest BCUT2D eigenvalue weighted by Crippen LogP contribution is -2.47. The maximum atomic E-state index is 12.5. The quantitative estimate of drug-likeness (QED) is 0.659. The van der Waals surface area contributed by atoms with Crippen LogP contribution in [0.2, 0.25) is 0 Å². The normalized spacial score (nSPS) is 17.0. The van der Waals surface area contributed by atoms with E-state index < -0.39 is 4.92 Å². The van der Waals surface area contributed by atoms with E-state index in [1.807, 2.05) is 6.92 Å². The van der Waals surface area contributed by atoms with Crippen LogP contribution < -0.4 is 10.6 Å². The zero-order valence-electron chi connectivity index (χ0n) is 12.4. The molecule has 1 aliphatic carbocycles. The molecule has 6 heteroatoms. The average molecular weight is 291 g/mol. The van der Waals surface area contributed by atoms with Crippen LogP contribution in [0.25, 0.3) is 0 Å². The Morgan fingerprint density at radius 3 is 2.52 bits per heavy atom. The van der Waals surface area contributed by atoms with Crippen LogP contribution in [0.1, 0.15) is 49.4 Å². The molecule has 1 aromatic rings. The van der Waals surface area contributed by atoms with Gasteiger partial charge in [0.15, 0.2) is 0 Å². The number of amides is 1. The first-order valence-corrected chi connectivity index (χ1v) is 7.24. The lowest BCUT2D eigenvalue weighted by Gasteiger charge is -2.34. The smallest absolute Gasteiger partial charge is 0.270 e. The van der Waals surface area contributed by atoms with Crippen molar-refractivity contribution in [1.82, 2.24) is 5.32 Å². The highest BCUT2D eigenvalue weighted by molar-refractivity contribution is 6.00. The van der Waals surface area contributed by atoms with Gasteiger partial charge in [0.25, 0.3) is 11.6 Å². The van der Waals surface area contributed by atoms with Crippen LogP contribution in [0.3, 0.4) is 0 Å². The minimum Gasteiger partial charge on any atom is -0.387 e. The van der Waals surface area contributed by atoms with E-state index in [4.69, 9.17) is 0 Å². The van der Waals surface area contributed by atoms with E-state index in [1.165, 1.54) is 18.6 Å². The van der Waals surface area contributed by atoms with Crippen LogP contribution in [-0.4, -0.2) is 23.4 Å². The summed E-state index contributed by atoms with van der Waals surface area (Å²) < 4.78 is 0. The van der Waals surface area contributed by atoms with Crippen molar-refractivity contribution in [2.75, 3.05) is 12.4 Å². The molecule has 114 valence electrons. The number of nitro benzene ring substituents is 1. The van der Waals surface area contributed by atoms with Gasteiger partial charge in [-0.15, -0.1) is 0 Å². The molecule has 2 rings (SSSR count). The van der Waals surface area contributed by atoms with Gasteiger partial charge in [0.2, 0.25) is 0 Å². The van der Waals surface area contributed by atoms with Gasteiger partial charge in [0.05, 0.1) is 10.5 Å². The van der Waals surface area contributed by atoms with E-state index in [0.29, 0.717) is 11.3 Å². The molecule has 0 bridgehead atoms. The molecule has 0 unspecified atom stereocenters. The van der Waals surface area contributed by atoms with E-state index in [2.05, 4.69) is 10.6 Å². The minimum atomic E-state index is -0.488. The lowest BCUT2D eigenvalue weighted by molar-refractivity contribution is -0.384. The first-order chi connectivity index (χ1) is 9.95. The van der Waals surface area contributed by atoms with E-state index in [9.17, 15) is 14.9 Å². The Morgan fingerprint density at radius 2 is 1.95 bits per heavy atom. The number of anilines is 1. The van der Waals surface area contributed by atoms with E-state index in [0.717, 1.165) is 25.7 Å². The Hall–Kier alpha value is -2.11. The van der Waals surface area contributed by atoms with Gasteiger partial charge in [-0.3, -0.25) is 14.9 Å². The van der Waals surface area contributed by atoms with Gasteiger partial charge in [0, 0.05) is 30.4 Å². The zero-order chi connectivity index (χ0) is 15.5. The van der Waals surface area contributed by atoms with Gasteiger partial charge in [-0.2, -0.15) is 0 Å². The van der Waals surface area contributed by atoms with Crippen molar-refractivity contribution in [3.63, 3.8) is 0 Å². The lowest BCUT2D eigenvalue weighted by atomic mass is 9.83. The van der Waals surface area contributed by atoms with Crippen molar-refractivity contribution in [3.8, 4) is 0 Å². The molecule has 1 fully saturated rings. The number of carbonyl (C=O) groups excluding carboxylic acids is 1. The van der Waals surface area contributed by atoms with Gasteiger partial charge >= 0.3 is 0 Å². The van der Waals surface area contributed by atoms with Crippen molar-refractivity contribution in [1.29, 1.82) is 0 Å². The number of hydrogen-bond acceptors (Lipinski definition) is 4. The summed E-state index contributed by atoms with van der Waals surface area (Å²) in [5, 5.41) is 16.8. The molecule has 0 spiro atoms. The number of carbonyl (C=O) groups is 1. The third kappa shape index (κ3) is 3.51. The number of nitrogens with zero attached hydrogens (tertiary/aromatic N) is 1. The van der Waals surface area contributed by atoms with Crippen molar-refractivity contribution in [2.45, 2.75) is 44.6 Å². The van der Waals surface area contributed by atoms with Crippen LogP contribution in [0.5, 0.6) is 0 Å². The van der Waals surface area contributed by atoms with Crippen molar-refractivity contribution >= 4 is 17.3 Å². The highest BCUT2D eigenvalue weighted by Gasteiger charge is 2.29. The predicted molar refractivity (Wildman–Crippen MR) is 81.6 cm³/mol. The molecule has 6 nitrogen and oxygen atoms in total. The largest absolute Gasteiger partial charge is 0.387 e. The van der Waals surface area contributed by atoms with Gasteiger partial charge in [0.1, 0.15) is 0 Å². The highest BCUT2D eigenvalue weighted by atomic mass is 16.6. The number of benzene rings is 1. The number of rotatable bonds is 4. The van der Waals surface area contributed by atoms with Crippen LogP contribution in [0, 0.1) is 10.1 Å². The molecule has 0 atom stereocenters. The van der Waals surface area contributed by atoms with Crippen molar-refractivity contribution in [3.05, 3.63) is 33.9 Å². The van der Waals surface area contributed by atoms with Crippen LogP contribution >= 0.6 is 0 Å². The summed E-state index contributed by atoms with van der Waals surface area (Å²) in [7, 11) is 1.69. The topological polar surface area (TPSA) is 84.3 Å². The Morgan fingerprint density at radius 1 is 1.29 bits per heavy atom. The van der Waals surface area contributed by atoms with Crippen LogP contribution in [-0.2, 0) is 0 Å². The van der Waals surface area contributed by atoms with Crippen molar-refractivity contribution in [2.24, 2.45) is 0 Å². The molecule has 2 N–H and O–H groups in total. The first-order valence-electron chi connectivity index (χ1n) is 7.24. The molecule has 0 radical (unpaired) electrons. The molecular weight excluding hydrogens is 270 g/mol. The Kier molecular flexibility index (Phi) is 4.45. The fraction of sp³-hybridized carbons (Fsp3) is 0.533. The molecule has 0 aromatic heterocycles. The molecule has 1 saturated carbocycles. The Bertz CT molecular complexity index is 551. The summed E-state index contributed by atoms with van der Waals surface area (Å²) in [5.74, 6) is -0.257. The third-order valence-corrected chi connectivity index (χ3v) is 4.10. The number of hydrogen-bond donors (Lipinski definition) is 2. The zero-order valence-corrected chi connectivity index (χ0v) is 12.4. The van der Waals surface area contributed by atoms with Crippen LogP contribution in [0.15, 0.2) is 18.2 Å². The van der Waals surface area contributed by atoms with Crippen LogP contribution in [0.4, 0.5) is 11.4 Å². The van der Waals surface area contributed by atoms with Crippen molar-refractivity contribution < 1.29 is 9.72 Å². The number of nitro groups is 1.